The van der Waals surface area contributed by atoms with Crippen LogP contribution in [0.1, 0.15) is 58.4 Å². The lowest BCUT2D eigenvalue weighted by atomic mass is 9.71. The van der Waals surface area contributed by atoms with Crippen molar-refractivity contribution in [3.05, 3.63) is 35.9 Å². The molecule has 2 fully saturated rings. The largest absolute Gasteiger partial charge is 0.368 e. The molecule has 214 valence electrons. The molecule has 0 saturated carbocycles. The molecule has 6 N–H and O–H groups in total. The van der Waals surface area contributed by atoms with E-state index in [4.69, 9.17) is 11.5 Å². The average molecular weight is 543 g/mol. The van der Waals surface area contributed by atoms with Gasteiger partial charge in [-0.1, -0.05) is 44.2 Å². The van der Waals surface area contributed by atoms with Crippen molar-refractivity contribution in [2.75, 3.05) is 26.2 Å². The van der Waals surface area contributed by atoms with Gasteiger partial charge in [0.05, 0.1) is 18.0 Å². The van der Waals surface area contributed by atoms with E-state index < -0.39 is 41.3 Å². The zero-order valence-corrected chi connectivity index (χ0v) is 23.2. The number of primary amides is 1. The van der Waals surface area contributed by atoms with Gasteiger partial charge in [-0.15, -0.1) is 0 Å². The summed E-state index contributed by atoms with van der Waals surface area (Å²) in [6.07, 6.45) is 2.35. The number of benzene rings is 1. The van der Waals surface area contributed by atoms with Crippen LogP contribution in [-0.4, -0.2) is 83.6 Å². The van der Waals surface area contributed by atoms with Crippen molar-refractivity contribution in [2.24, 2.45) is 17.4 Å². The molecule has 2 saturated heterocycles. The molecule has 0 bridgehead atoms. The maximum atomic E-state index is 14.3. The minimum Gasteiger partial charge on any atom is -0.368 e. The third-order valence-electron chi connectivity index (χ3n) is 7.65. The third kappa shape index (κ3) is 7.14. The van der Waals surface area contributed by atoms with E-state index in [-0.39, 0.29) is 24.3 Å². The Morgan fingerprint density at radius 2 is 1.67 bits per heavy atom. The van der Waals surface area contributed by atoms with Crippen molar-refractivity contribution in [1.29, 1.82) is 0 Å². The summed E-state index contributed by atoms with van der Waals surface area (Å²) in [5.74, 6) is -1.75. The lowest BCUT2D eigenvalue weighted by Crippen LogP contribution is -2.59. The predicted octanol–water partition coefficient (Wildman–Crippen LogP) is 0.0174. The van der Waals surface area contributed by atoms with Gasteiger partial charge in [0.25, 0.3) is 0 Å². The first-order valence-corrected chi connectivity index (χ1v) is 13.7. The molecule has 0 aromatic heterocycles. The van der Waals surface area contributed by atoms with Crippen molar-refractivity contribution >= 4 is 29.5 Å². The van der Waals surface area contributed by atoms with Gasteiger partial charge in [0.2, 0.25) is 29.5 Å². The highest BCUT2D eigenvalue weighted by Crippen LogP contribution is 2.39. The minimum atomic E-state index is -0.880. The third-order valence-corrected chi connectivity index (χ3v) is 7.65. The number of likely N-dealkylation sites (tertiary alicyclic amines) is 2. The van der Waals surface area contributed by atoms with E-state index in [9.17, 15) is 24.0 Å². The van der Waals surface area contributed by atoms with Crippen LogP contribution in [0.25, 0.3) is 0 Å². The summed E-state index contributed by atoms with van der Waals surface area (Å²) in [4.78, 5) is 67.5. The molecule has 0 radical (unpaired) electrons. The van der Waals surface area contributed by atoms with Gasteiger partial charge in [0, 0.05) is 19.6 Å². The van der Waals surface area contributed by atoms with E-state index in [1.54, 1.807) is 16.7 Å². The molecular weight excluding hydrogens is 500 g/mol. The maximum absolute atomic E-state index is 14.3. The number of nitrogens with zero attached hydrogens (tertiary/aromatic N) is 2. The van der Waals surface area contributed by atoms with Gasteiger partial charge in [0.1, 0.15) is 12.1 Å². The van der Waals surface area contributed by atoms with Crippen LogP contribution >= 0.6 is 0 Å². The monoisotopic (exact) mass is 542 g/mol. The van der Waals surface area contributed by atoms with E-state index in [0.717, 1.165) is 5.56 Å². The molecule has 3 unspecified atom stereocenters. The Hall–Kier alpha value is -3.47. The number of amides is 5. The number of hydrogen-bond acceptors (Lipinski definition) is 6. The second-order valence-corrected chi connectivity index (χ2v) is 11.1. The molecule has 11 heteroatoms. The highest BCUT2D eigenvalue weighted by Gasteiger charge is 2.49. The Balaban J connectivity index is 1.82. The Bertz CT molecular complexity index is 1050. The summed E-state index contributed by atoms with van der Waals surface area (Å²) in [5, 5.41) is 5.29. The number of piperidine rings is 1. The summed E-state index contributed by atoms with van der Waals surface area (Å²) in [6, 6.07) is 7.32. The fourth-order valence-corrected chi connectivity index (χ4v) is 5.61. The number of carbonyl (C=O) groups excluding carboxylic acids is 5. The molecule has 1 aromatic carbocycles. The summed E-state index contributed by atoms with van der Waals surface area (Å²) < 4.78 is 0. The van der Waals surface area contributed by atoms with E-state index in [2.05, 4.69) is 10.6 Å². The number of rotatable bonds is 10. The number of hydrogen-bond donors (Lipinski definition) is 4. The Kier molecular flexibility index (Phi) is 10.1. The molecule has 2 heterocycles. The van der Waals surface area contributed by atoms with Crippen LogP contribution in [0.5, 0.6) is 0 Å². The summed E-state index contributed by atoms with van der Waals surface area (Å²) >= 11 is 0. The summed E-state index contributed by atoms with van der Waals surface area (Å²) in [5.41, 5.74) is 10.9. The SMILES string of the molecule is CC(C)CC(NC(=O)C1CCCN1C(=O)C1(c2ccccc2)CCN(C(=O)C(C)N)CC1)C(=O)NCC(N)=O. The van der Waals surface area contributed by atoms with Gasteiger partial charge < -0.3 is 31.9 Å². The average Bonchev–Trinajstić information content (AvgIpc) is 3.41. The van der Waals surface area contributed by atoms with Gasteiger partial charge in [-0.2, -0.15) is 0 Å². The maximum Gasteiger partial charge on any atom is 0.243 e. The molecule has 1 aromatic rings. The smallest absolute Gasteiger partial charge is 0.243 e. The molecule has 3 rings (SSSR count). The van der Waals surface area contributed by atoms with Crippen LogP contribution in [0, 0.1) is 5.92 Å². The van der Waals surface area contributed by atoms with Crippen LogP contribution in [0.4, 0.5) is 0 Å². The fourth-order valence-electron chi connectivity index (χ4n) is 5.61. The van der Waals surface area contributed by atoms with E-state index in [0.29, 0.717) is 51.7 Å². The Morgan fingerprint density at radius 3 is 2.23 bits per heavy atom. The molecule has 0 spiro atoms. The Labute approximate surface area is 230 Å². The first-order chi connectivity index (χ1) is 18.5. The molecule has 11 nitrogen and oxygen atoms in total. The molecule has 0 aliphatic carbocycles. The zero-order chi connectivity index (χ0) is 28.7. The van der Waals surface area contributed by atoms with Crippen LogP contribution in [-0.2, 0) is 29.4 Å². The quantitative estimate of drug-likeness (QED) is 0.325. The number of nitrogens with two attached hydrogens (primary N) is 2. The lowest BCUT2D eigenvalue weighted by molar-refractivity contribution is -0.147. The lowest BCUT2D eigenvalue weighted by Gasteiger charge is -2.44. The van der Waals surface area contributed by atoms with Crippen molar-refractivity contribution in [1.82, 2.24) is 20.4 Å². The standard InChI is InChI=1S/C28H42N6O5/c1-18(2)16-21(24(36)31-17-23(30)35)32-25(37)22-10-7-13-34(22)27(39)28(20-8-5-4-6-9-20)11-14-33(15-12-28)26(38)19(3)29/h4-6,8-9,18-19,21-22H,7,10-17,29H2,1-3H3,(H2,30,35)(H,31,36)(H,32,37). The zero-order valence-electron chi connectivity index (χ0n) is 23.2. The number of nitrogens with one attached hydrogen (secondary N) is 2. The molecule has 39 heavy (non-hydrogen) atoms. The fraction of sp³-hybridized carbons (Fsp3) is 0.607. The normalized spacial score (nSPS) is 20.3. The van der Waals surface area contributed by atoms with Crippen LogP contribution in [0.2, 0.25) is 0 Å². The first kappa shape index (κ1) is 30.1. The van der Waals surface area contributed by atoms with Crippen molar-refractivity contribution < 1.29 is 24.0 Å². The Morgan fingerprint density at radius 1 is 1.03 bits per heavy atom. The highest BCUT2D eigenvalue weighted by molar-refractivity contribution is 5.96. The molecular formula is C28H42N6O5. The highest BCUT2D eigenvalue weighted by atomic mass is 16.2. The summed E-state index contributed by atoms with van der Waals surface area (Å²) in [6.45, 7) is 6.40. The van der Waals surface area contributed by atoms with Gasteiger partial charge in [-0.25, -0.2) is 0 Å². The van der Waals surface area contributed by atoms with Gasteiger partial charge in [-0.05, 0) is 50.5 Å². The molecule has 2 aliphatic rings. The van der Waals surface area contributed by atoms with Gasteiger partial charge >= 0.3 is 0 Å². The topological polar surface area (TPSA) is 168 Å². The minimum absolute atomic E-state index is 0.0985. The van der Waals surface area contributed by atoms with Crippen LogP contribution in [0.15, 0.2) is 30.3 Å². The van der Waals surface area contributed by atoms with Crippen molar-refractivity contribution in [3.63, 3.8) is 0 Å². The van der Waals surface area contributed by atoms with Crippen LogP contribution < -0.4 is 22.1 Å². The van der Waals surface area contributed by atoms with Gasteiger partial charge in [0.15, 0.2) is 0 Å². The van der Waals surface area contributed by atoms with E-state index >= 15 is 0 Å². The molecule has 3 atom stereocenters. The molecule has 5 amide bonds. The summed E-state index contributed by atoms with van der Waals surface area (Å²) in [7, 11) is 0. The second-order valence-electron chi connectivity index (χ2n) is 11.1. The van der Waals surface area contributed by atoms with Crippen molar-refractivity contribution in [3.8, 4) is 0 Å². The van der Waals surface area contributed by atoms with Crippen LogP contribution in [0.3, 0.4) is 0 Å². The van der Waals surface area contributed by atoms with E-state index in [1.165, 1.54) is 0 Å². The van der Waals surface area contributed by atoms with E-state index in [1.807, 2.05) is 44.2 Å². The van der Waals surface area contributed by atoms with Gasteiger partial charge in [-0.3, -0.25) is 24.0 Å². The second kappa shape index (κ2) is 13.1. The number of carbonyl (C=O) groups is 5. The first-order valence-electron chi connectivity index (χ1n) is 13.7. The van der Waals surface area contributed by atoms with Crippen molar-refractivity contribution in [2.45, 2.75) is 76.4 Å². The molecule has 2 aliphatic heterocycles. The predicted molar refractivity (Wildman–Crippen MR) is 146 cm³/mol.